The molecule has 0 spiro atoms. The van der Waals surface area contributed by atoms with Gasteiger partial charge >= 0.3 is 6.09 Å². The van der Waals surface area contributed by atoms with Gasteiger partial charge in [-0.2, -0.15) is 0 Å². The number of carbonyl (C=O) groups excluding carboxylic acids is 1. The normalized spacial score (nSPS) is 9.85. The van der Waals surface area contributed by atoms with Gasteiger partial charge in [0.2, 0.25) is 0 Å². The third kappa shape index (κ3) is 3.90. The number of amides is 1. The lowest BCUT2D eigenvalue weighted by atomic mass is 10.1. The van der Waals surface area contributed by atoms with E-state index in [2.05, 4.69) is 5.32 Å². The zero-order chi connectivity index (χ0) is 15.1. The van der Waals surface area contributed by atoms with Crippen molar-refractivity contribution in [2.45, 2.75) is 20.0 Å². The molecule has 1 N–H and O–H groups in total. The summed E-state index contributed by atoms with van der Waals surface area (Å²) in [7, 11) is 0. The zero-order valence-corrected chi connectivity index (χ0v) is 10.7. The number of hydrogen-bond acceptors (Lipinski definition) is 6. The molecule has 0 fully saturated rings. The lowest BCUT2D eigenvalue weighted by molar-refractivity contribution is -0.396. The van der Waals surface area contributed by atoms with Gasteiger partial charge in [-0.05, 0) is 12.5 Å². The summed E-state index contributed by atoms with van der Waals surface area (Å²) in [5, 5.41) is 24.1. The molecule has 9 nitrogen and oxygen atoms in total. The molecule has 0 unspecified atom stereocenters. The highest BCUT2D eigenvalue weighted by Gasteiger charge is 2.25. The zero-order valence-electron chi connectivity index (χ0n) is 10.7. The SMILES string of the molecule is CCCNC(=O)OCc1c([N+](=O)[O-])cccc1[N+](=O)[O-]. The standard InChI is InChI=1S/C11H13N3O6/c1-2-6-12-11(15)20-7-8-9(13(16)17)4-3-5-10(8)14(18)19/h3-5H,2,6-7H2,1H3,(H,12,15). The third-order valence-corrected chi connectivity index (χ3v) is 2.39. The number of nitro benzene ring substituents is 2. The Hall–Kier alpha value is -2.71. The van der Waals surface area contributed by atoms with Crippen LogP contribution in [-0.2, 0) is 11.3 Å². The van der Waals surface area contributed by atoms with Crippen LogP contribution in [0.4, 0.5) is 16.2 Å². The van der Waals surface area contributed by atoms with Crippen LogP contribution in [0.25, 0.3) is 0 Å². The van der Waals surface area contributed by atoms with E-state index in [4.69, 9.17) is 4.74 Å². The summed E-state index contributed by atoms with van der Waals surface area (Å²) < 4.78 is 4.75. The van der Waals surface area contributed by atoms with E-state index >= 15 is 0 Å². The summed E-state index contributed by atoms with van der Waals surface area (Å²) in [6.45, 7) is 1.69. The van der Waals surface area contributed by atoms with Crippen LogP contribution < -0.4 is 5.32 Å². The summed E-state index contributed by atoms with van der Waals surface area (Å²) in [4.78, 5) is 31.4. The molecular formula is C11H13N3O6. The van der Waals surface area contributed by atoms with Gasteiger partial charge in [-0.1, -0.05) is 6.92 Å². The molecule has 0 aliphatic carbocycles. The van der Waals surface area contributed by atoms with Gasteiger partial charge in [0.25, 0.3) is 11.4 Å². The number of hydrogen-bond donors (Lipinski definition) is 1. The number of nitrogens with zero attached hydrogens (tertiary/aromatic N) is 2. The van der Waals surface area contributed by atoms with Gasteiger partial charge < -0.3 is 10.1 Å². The van der Waals surface area contributed by atoms with Crippen molar-refractivity contribution >= 4 is 17.5 Å². The van der Waals surface area contributed by atoms with Crippen molar-refractivity contribution in [1.82, 2.24) is 5.32 Å². The van der Waals surface area contributed by atoms with Crippen LogP contribution in [0.1, 0.15) is 18.9 Å². The third-order valence-electron chi connectivity index (χ3n) is 2.39. The maximum atomic E-state index is 11.3. The number of ether oxygens (including phenoxy) is 1. The van der Waals surface area contributed by atoms with Crippen molar-refractivity contribution in [1.29, 1.82) is 0 Å². The Morgan fingerprint density at radius 3 is 2.25 bits per heavy atom. The second kappa shape index (κ2) is 7.02. The minimum atomic E-state index is -0.778. The summed E-state index contributed by atoms with van der Waals surface area (Å²) >= 11 is 0. The van der Waals surface area contributed by atoms with Crippen molar-refractivity contribution in [3.05, 3.63) is 44.0 Å². The molecule has 0 saturated carbocycles. The van der Waals surface area contributed by atoms with E-state index in [1.165, 1.54) is 6.07 Å². The Balaban J connectivity index is 2.94. The second-order valence-electron chi connectivity index (χ2n) is 3.79. The Morgan fingerprint density at radius 2 is 1.80 bits per heavy atom. The highest BCUT2D eigenvalue weighted by atomic mass is 16.6. The second-order valence-corrected chi connectivity index (χ2v) is 3.79. The molecule has 0 saturated heterocycles. The highest BCUT2D eigenvalue weighted by molar-refractivity contribution is 5.67. The van der Waals surface area contributed by atoms with Crippen molar-refractivity contribution in [2.24, 2.45) is 0 Å². The predicted octanol–water partition coefficient (Wildman–Crippen LogP) is 2.14. The molecule has 0 radical (unpaired) electrons. The van der Waals surface area contributed by atoms with Gasteiger partial charge in [-0.15, -0.1) is 0 Å². The Bertz CT molecular complexity index is 499. The molecule has 0 atom stereocenters. The number of nitrogens with one attached hydrogen (secondary N) is 1. The molecule has 20 heavy (non-hydrogen) atoms. The van der Waals surface area contributed by atoms with Crippen LogP contribution in [0.3, 0.4) is 0 Å². The maximum absolute atomic E-state index is 11.3. The summed E-state index contributed by atoms with van der Waals surface area (Å²) in [6, 6.07) is 3.45. The number of carbonyl (C=O) groups is 1. The molecule has 0 aliphatic rings. The molecule has 0 heterocycles. The van der Waals surface area contributed by atoms with Crippen molar-refractivity contribution in [2.75, 3.05) is 6.54 Å². The molecule has 9 heteroatoms. The monoisotopic (exact) mass is 283 g/mol. The molecule has 0 aliphatic heterocycles. The fraction of sp³-hybridized carbons (Fsp3) is 0.364. The topological polar surface area (TPSA) is 125 Å². The van der Waals surface area contributed by atoms with Gasteiger partial charge in [0, 0.05) is 18.7 Å². The van der Waals surface area contributed by atoms with E-state index in [9.17, 15) is 25.0 Å². The smallest absolute Gasteiger partial charge is 0.407 e. The van der Waals surface area contributed by atoms with Crippen LogP contribution in [0.5, 0.6) is 0 Å². The maximum Gasteiger partial charge on any atom is 0.407 e. The van der Waals surface area contributed by atoms with Gasteiger partial charge in [-0.3, -0.25) is 20.2 Å². The van der Waals surface area contributed by atoms with Crippen molar-refractivity contribution in [3.63, 3.8) is 0 Å². The number of alkyl carbamates (subject to hydrolysis) is 1. The average molecular weight is 283 g/mol. The van der Waals surface area contributed by atoms with E-state index in [1.54, 1.807) is 0 Å². The molecule has 1 rings (SSSR count). The Kier molecular flexibility index (Phi) is 5.39. The molecule has 0 aromatic heterocycles. The number of benzene rings is 1. The van der Waals surface area contributed by atoms with Crippen LogP contribution in [0, 0.1) is 20.2 Å². The first-order chi connectivity index (χ1) is 9.47. The van der Waals surface area contributed by atoms with Crippen LogP contribution >= 0.6 is 0 Å². The first-order valence-electron chi connectivity index (χ1n) is 5.78. The quantitative estimate of drug-likeness (QED) is 0.629. The van der Waals surface area contributed by atoms with Crippen LogP contribution in [-0.4, -0.2) is 22.5 Å². The minimum Gasteiger partial charge on any atom is -0.444 e. The van der Waals surface area contributed by atoms with Gasteiger partial charge in [0.05, 0.1) is 9.85 Å². The molecule has 1 aromatic carbocycles. The largest absolute Gasteiger partial charge is 0.444 e. The fourth-order valence-corrected chi connectivity index (χ4v) is 1.47. The summed E-state index contributed by atoms with van der Waals surface area (Å²) in [6.07, 6.45) is -0.0833. The van der Waals surface area contributed by atoms with Crippen molar-refractivity contribution in [3.8, 4) is 0 Å². The van der Waals surface area contributed by atoms with Crippen LogP contribution in [0.15, 0.2) is 18.2 Å². The lowest BCUT2D eigenvalue weighted by Crippen LogP contribution is -2.25. The van der Waals surface area contributed by atoms with Gasteiger partial charge in [-0.25, -0.2) is 4.79 Å². The molecule has 108 valence electrons. The number of rotatable bonds is 6. The first-order valence-corrected chi connectivity index (χ1v) is 5.78. The predicted molar refractivity (Wildman–Crippen MR) is 68.2 cm³/mol. The molecule has 1 aromatic rings. The molecule has 1 amide bonds. The van der Waals surface area contributed by atoms with E-state index in [-0.39, 0.29) is 5.56 Å². The average Bonchev–Trinajstić information content (AvgIpc) is 2.42. The summed E-state index contributed by atoms with van der Waals surface area (Å²) in [5.74, 6) is 0. The van der Waals surface area contributed by atoms with Gasteiger partial charge in [0.15, 0.2) is 0 Å². The Morgan fingerprint density at radius 1 is 1.25 bits per heavy atom. The first kappa shape index (κ1) is 15.3. The summed E-state index contributed by atoms with van der Waals surface area (Å²) in [5.41, 5.74) is -1.15. The molecule has 0 bridgehead atoms. The number of nitro groups is 2. The molecular weight excluding hydrogens is 270 g/mol. The fourth-order valence-electron chi connectivity index (χ4n) is 1.47. The highest BCUT2D eigenvalue weighted by Crippen LogP contribution is 2.28. The van der Waals surface area contributed by atoms with Gasteiger partial charge in [0.1, 0.15) is 12.2 Å². The lowest BCUT2D eigenvalue weighted by Gasteiger charge is -2.07. The van der Waals surface area contributed by atoms with Crippen molar-refractivity contribution < 1.29 is 19.4 Å². The van der Waals surface area contributed by atoms with E-state index < -0.39 is 33.9 Å². The van der Waals surface area contributed by atoms with E-state index in [0.717, 1.165) is 12.1 Å². The Labute approximate surface area is 113 Å². The van der Waals surface area contributed by atoms with E-state index in [1.807, 2.05) is 6.92 Å². The van der Waals surface area contributed by atoms with E-state index in [0.29, 0.717) is 13.0 Å². The minimum absolute atomic E-state index is 0.242. The van der Waals surface area contributed by atoms with Crippen LogP contribution in [0.2, 0.25) is 0 Å².